The Bertz CT molecular complexity index is 1270. The third-order valence-corrected chi connectivity index (χ3v) is 5.98. The number of nitro groups is 1. The lowest BCUT2D eigenvalue weighted by atomic mass is 9.82. The summed E-state index contributed by atoms with van der Waals surface area (Å²) in [6, 6.07) is 26.0. The van der Waals surface area contributed by atoms with Crippen molar-refractivity contribution in [2.24, 2.45) is 0 Å². The quantitative estimate of drug-likeness (QED) is 0.292. The number of nitrogens with zero attached hydrogens (tertiary/aromatic N) is 1. The summed E-state index contributed by atoms with van der Waals surface area (Å²) in [6.07, 6.45) is 0. The minimum absolute atomic E-state index is 0.101. The van der Waals surface area contributed by atoms with Gasteiger partial charge in [-0.15, -0.1) is 0 Å². The molecular weight excluding hydrogens is 346 g/mol. The molecule has 0 bridgehead atoms. The van der Waals surface area contributed by atoms with Crippen molar-refractivity contribution in [3.05, 3.63) is 100 Å². The molecule has 136 valence electrons. The van der Waals surface area contributed by atoms with Crippen LogP contribution in [0.4, 0.5) is 5.69 Å². The topological polar surface area (TPSA) is 43.1 Å². The lowest BCUT2D eigenvalue weighted by molar-refractivity contribution is -0.384. The van der Waals surface area contributed by atoms with Crippen LogP contribution in [0.3, 0.4) is 0 Å². The first-order valence-corrected chi connectivity index (χ1v) is 9.39. The third-order valence-electron chi connectivity index (χ3n) is 5.98. The van der Waals surface area contributed by atoms with E-state index in [4.69, 9.17) is 0 Å². The van der Waals surface area contributed by atoms with Gasteiger partial charge in [0, 0.05) is 11.5 Å². The van der Waals surface area contributed by atoms with Gasteiger partial charge >= 0.3 is 0 Å². The summed E-state index contributed by atoms with van der Waals surface area (Å²) in [6.45, 7) is 4.49. The van der Waals surface area contributed by atoms with Crippen LogP contribution in [-0.4, -0.2) is 4.92 Å². The molecule has 0 saturated heterocycles. The van der Waals surface area contributed by atoms with Gasteiger partial charge in [-0.05, 0) is 50.7 Å². The van der Waals surface area contributed by atoms with E-state index in [1.807, 2.05) is 18.2 Å². The van der Waals surface area contributed by atoms with Gasteiger partial charge in [-0.25, -0.2) is 0 Å². The van der Waals surface area contributed by atoms with E-state index in [0.717, 1.165) is 5.56 Å². The van der Waals surface area contributed by atoms with Crippen molar-refractivity contribution in [1.29, 1.82) is 0 Å². The molecule has 0 unspecified atom stereocenters. The zero-order valence-corrected chi connectivity index (χ0v) is 15.8. The van der Waals surface area contributed by atoms with Gasteiger partial charge < -0.3 is 0 Å². The van der Waals surface area contributed by atoms with E-state index in [1.54, 1.807) is 12.1 Å². The van der Waals surface area contributed by atoms with Gasteiger partial charge in [0.05, 0.1) is 10.5 Å². The Morgan fingerprint density at radius 3 is 2.32 bits per heavy atom. The van der Waals surface area contributed by atoms with E-state index in [1.165, 1.54) is 33.0 Å². The van der Waals surface area contributed by atoms with Crippen molar-refractivity contribution < 1.29 is 4.92 Å². The van der Waals surface area contributed by atoms with Crippen molar-refractivity contribution in [2.45, 2.75) is 19.3 Å². The Morgan fingerprint density at radius 2 is 1.50 bits per heavy atom. The van der Waals surface area contributed by atoms with Gasteiger partial charge in [0.15, 0.2) is 0 Å². The highest BCUT2D eigenvalue weighted by Gasteiger charge is 2.36. The van der Waals surface area contributed by atoms with Crippen LogP contribution in [0, 0.1) is 10.1 Å². The highest BCUT2D eigenvalue weighted by molar-refractivity contribution is 6.03. The van der Waals surface area contributed by atoms with Gasteiger partial charge in [0.2, 0.25) is 0 Å². The first-order valence-electron chi connectivity index (χ1n) is 9.39. The summed E-state index contributed by atoms with van der Waals surface area (Å²) >= 11 is 0. The number of para-hydroxylation sites is 1. The molecule has 0 radical (unpaired) electrons. The van der Waals surface area contributed by atoms with E-state index >= 15 is 0 Å². The highest BCUT2D eigenvalue weighted by atomic mass is 16.6. The average Bonchev–Trinajstić information content (AvgIpc) is 2.95. The normalized spacial score (nSPS) is 13.9. The maximum absolute atomic E-state index is 11.5. The van der Waals surface area contributed by atoms with E-state index in [0.29, 0.717) is 5.56 Å². The summed E-state index contributed by atoms with van der Waals surface area (Å²) in [7, 11) is 0. The standard InChI is InChI=1S/C25H19NO2/c1-25(2)21-13-12-17(18-8-5-6-10-23(18)26(27)28)15-20(21)24-19-9-4-3-7-16(19)11-14-22(24)25/h3-15H,1-2H3. The third kappa shape index (κ3) is 2.23. The predicted molar refractivity (Wildman–Crippen MR) is 114 cm³/mol. The van der Waals surface area contributed by atoms with Crippen molar-refractivity contribution >= 4 is 16.5 Å². The molecule has 0 atom stereocenters. The first kappa shape index (κ1) is 16.7. The second kappa shape index (κ2) is 5.77. The van der Waals surface area contributed by atoms with Crippen molar-refractivity contribution in [2.75, 3.05) is 0 Å². The fourth-order valence-corrected chi connectivity index (χ4v) is 4.57. The number of nitro benzene ring substituents is 1. The van der Waals surface area contributed by atoms with Crippen molar-refractivity contribution in [3.63, 3.8) is 0 Å². The van der Waals surface area contributed by atoms with E-state index < -0.39 is 0 Å². The van der Waals surface area contributed by atoms with Crippen LogP contribution in [0.15, 0.2) is 78.9 Å². The minimum Gasteiger partial charge on any atom is -0.258 e. The average molecular weight is 365 g/mol. The largest absolute Gasteiger partial charge is 0.277 e. The molecule has 0 N–H and O–H groups in total. The maximum atomic E-state index is 11.5. The number of fused-ring (bicyclic) bond motifs is 5. The van der Waals surface area contributed by atoms with Crippen LogP contribution in [0.1, 0.15) is 25.0 Å². The first-order chi connectivity index (χ1) is 13.5. The minimum atomic E-state index is -0.310. The molecule has 0 aromatic heterocycles. The summed E-state index contributed by atoms with van der Waals surface area (Å²) in [5.41, 5.74) is 6.56. The molecule has 0 aliphatic heterocycles. The molecule has 0 saturated carbocycles. The Hall–Kier alpha value is -3.46. The SMILES string of the molecule is CC1(C)c2ccc(-c3ccccc3[N+](=O)[O-])cc2-c2c1ccc1ccccc21. The predicted octanol–water partition coefficient (Wildman–Crippen LogP) is 6.72. The van der Waals surface area contributed by atoms with Crippen LogP contribution in [0.2, 0.25) is 0 Å². The van der Waals surface area contributed by atoms with Crippen LogP contribution in [-0.2, 0) is 5.41 Å². The van der Waals surface area contributed by atoms with Crippen molar-refractivity contribution in [1.82, 2.24) is 0 Å². The van der Waals surface area contributed by atoms with E-state index in [9.17, 15) is 10.1 Å². The summed E-state index contributed by atoms with van der Waals surface area (Å²) in [4.78, 5) is 11.2. The Morgan fingerprint density at radius 1 is 0.786 bits per heavy atom. The molecule has 1 aliphatic rings. The summed E-state index contributed by atoms with van der Waals surface area (Å²) in [5.74, 6) is 0. The van der Waals surface area contributed by atoms with Crippen molar-refractivity contribution in [3.8, 4) is 22.3 Å². The Kier molecular flexibility index (Phi) is 3.44. The zero-order valence-electron chi connectivity index (χ0n) is 15.8. The van der Waals surface area contributed by atoms with Gasteiger partial charge in [-0.3, -0.25) is 10.1 Å². The molecule has 0 amide bonds. The highest BCUT2D eigenvalue weighted by Crippen LogP contribution is 2.52. The maximum Gasteiger partial charge on any atom is 0.277 e. The monoisotopic (exact) mass is 365 g/mol. The molecular formula is C25H19NO2. The molecule has 0 fully saturated rings. The van der Waals surface area contributed by atoms with Crippen LogP contribution in [0.5, 0.6) is 0 Å². The molecule has 5 rings (SSSR count). The molecule has 0 spiro atoms. The fraction of sp³-hybridized carbons (Fsp3) is 0.120. The molecule has 4 aromatic rings. The summed E-state index contributed by atoms with van der Waals surface area (Å²) in [5, 5.41) is 13.9. The second-order valence-electron chi connectivity index (χ2n) is 7.87. The second-order valence-corrected chi connectivity index (χ2v) is 7.87. The lowest BCUT2D eigenvalue weighted by Gasteiger charge is -2.21. The number of rotatable bonds is 2. The molecule has 1 aliphatic carbocycles. The smallest absolute Gasteiger partial charge is 0.258 e. The van der Waals surface area contributed by atoms with Gasteiger partial charge in [-0.2, -0.15) is 0 Å². The molecule has 0 heterocycles. The molecule has 4 aromatic carbocycles. The zero-order chi connectivity index (χ0) is 19.5. The molecule has 3 heteroatoms. The van der Waals surface area contributed by atoms with Gasteiger partial charge in [0.25, 0.3) is 5.69 Å². The molecule has 3 nitrogen and oxygen atoms in total. The number of hydrogen-bond acceptors (Lipinski definition) is 2. The van der Waals surface area contributed by atoms with E-state index in [2.05, 4.69) is 62.4 Å². The fourth-order valence-electron chi connectivity index (χ4n) is 4.57. The lowest BCUT2D eigenvalue weighted by Crippen LogP contribution is -2.14. The Labute approximate surface area is 163 Å². The molecule has 28 heavy (non-hydrogen) atoms. The van der Waals surface area contributed by atoms with Crippen LogP contribution < -0.4 is 0 Å². The number of hydrogen-bond donors (Lipinski definition) is 0. The van der Waals surface area contributed by atoms with Crippen LogP contribution in [0.25, 0.3) is 33.0 Å². The number of benzene rings is 4. The van der Waals surface area contributed by atoms with Gasteiger partial charge in [-0.1, -0.05) is 74.5 Å². The van der Waals surface area contributed by atoms with Gasteiger partial charge in [0.1, 0.15) is 0 Å². The Balaban J connectivity index is 1.82. The summed E-state index contributed by atoms with van der Waals surface area (Å²) < 4.78 is 0. The van der Waals surface area contributed by atoms with Crippen LogP contribution >= 0.6 is 0 Å². The van der Waals surface area contributed by atoms with E-state index in [-0.39, 0.29) is 16.0 Å².